The molecule has 0 saturated carbocycles. The third-order valence-corrected chi connectivity index (χ3v) is 3.29. The van der Waals surface area contributed by atoms with Gasteiger partial charge in [0, 0.05) is 11.2 Å². The van der Waals surface area contributed by atoms with Crippen LogP contribution in [0, 0.1) is 0 Å². The molecular weight excluding hydrogens is 312 g/mol. The largest absolute Gasteiger partial charge is 0.455 e. The maximum absolute atomic E-state index is 12.3. The van der Waals surface area contributed by atoms with Crippen LogP contribution in [-0.4, -0.2) is 10.9 Å². The summed E-state index contributed by atoms with van der Waals surface area (Å²) in [5.41, 5.74) is 0.801. The Bertz CT molecular complexity index is 808. The van der Waals surface area contributed by atoms with E-state index in [1.54, 1.807) is 42.6 Å². The first-order valence-corrected chi connectivity index (χ1v) is 7.35. The quantitative estimate of drug-likeness (QED) is 0.751. The van der Waals surface area contributed by atoms with Crippen molar-refractivity contribution in [1.82, 2.24) is 4.98 Å². The van der Waals surface area contributed by atoms with Crippen LogP contribution < -0.4 is 10.1 Å². The first kappa shape index (κ1) is 15.1. The van der Waals surface area contributed by atoms with Crippen LogP contribution in [0.4, 0.5) is 5.69 Å². The van der Waals surface area contributed by atoms with Crippen molar-refractivity contribution in [2.24, 2.45) is 0 Å². The number of ether oxygens (including phenoxy) is 1. The number of pyridine rings is 1. The summed E-state index contributed by atoms with van der Waals surface area (Å²) >= 11 is 6.03. The molecule has 1 amide bonds. The monoisotopic (exact) mass is 324 g/mol. The van der Waals surface area contributed by atoms with E-state index in [1.807, 2.05) is 30.3 Å². The van der Waals surface area contributed by atoms with Gasteiger partial charge in [0.05, 0.1) is 5.69 Å². The molecule has 0 saturated heterocycles. The van der Waals surface area contributed by atoms with Crippen molar-refractivity contribution >= 4 is 23.2 Å². The molecule has 1 aromatic heterocycles. The number of halogens is 1. The van der Waals surface area contributed by atoms with Crippen molar-refractivity contribution in [2.75, 3.05) is 5.32 Å². The predicted molar refractivity (Wildman–Crippen MR) is 90.2 cm³/mol. The van der Waals surface area contributed by atoms with Crippen LogP contribution in [0.25, 0.3) is 0 Å². The molecule has 0 aliphatic carbocycles. The Balaban J connectivity index is 1.86. The number of para-hydroxylation sites is 1. The lowest BCUT2D eigenvalue weighted by Crippen LogP contribution is -2.13. The molecule has 0 unspecified atom stereocenters. The summed E-state index contributed by atoms with van der Waals surface area (Å²) in [5.74, 6) is 0.846. The molecule has 3 aromatic rings. The van der Waals surface area contributed by atoms with Gasteiger partial charge in [0.2, 0.25) is 0 Å². The summed E-state index contributed by atoms with van der Waals surface area (Å²) in [7, 11) is 0. The summed E-state index contributed by atoms with van der Waals surface area (Å²) < 4.78 is 5.81. The molecule has 0 fully saturated rings. The van der Waals surface area contributed by atoms with Gasteiger partial charge in [0.1, 0.15) is 11.4 Å². The second-order valence-electron chi connectivity index (χ2n) is 4.72. The van der Waals surface area contributed by atoms with Gasteiger partial charge in [0.25, 0.3) is 5.91 Å². The first-order valence-electron chi connectivity index (χ1n) is 6.97. The van der Waals surface area contributed by atoms with Gasteiger partial charge in [0.15, 0.2) is 5.75 Å². The van der Waals surface area contributed by atoms with Crippen molar-refractivity contribution in [1.29, 1.82) is 0 Å². The lowest BCUT2D eigenvalue weighted by molar-refractivity contribution is 0.102. The highest BCUT2D eigenvalue weighted by molar-refractivity contribution is 6.31. The van der Waals surface area contributed by atoms with Gasteiger partial charge >= 0.3 is 0 Å². The summed E-state index contributed by atoms with van der Waals surface area (Å²) in [6, 6.07) is 19.5. The Morgan fingerprint density at radius 2 is 1.78 bits per heavy atom. The van der Waals surface area contributed by atoms with Crippen LogP contribution in [0.5, 0.6) is 11.5 Å². The smallest absolute Gasteiger partial charge is 0.274 e. The molecule has 4 nitrogen and oxygen atoms in total. The average Bonchev–Trinajstić information content (AvgIpc) is 2.59. The van der Waals surface area contributed by atoms with Gasteiger partial charge in [-0.25, -0.2) is 0 Å². The number of benzene rings is 2. The predicted octanol–water partition coefficient (Wildman–Crippen LogP) is 4.78. The highest BCUT2D eigenvalue weighted by Gasteiger charge is 2.12. The molecule has 3 rings (SSSR count). The van der Waals surface area contributed by atoms with E-state index < -0.39 is 0 Å². The fraction of sp³-hybridized carbons (Fsp3) is 0. The minimum atomic E-state index is -0.328. The molecule has 0 radical (unpaired) electrons. The van der Waals surface area contributed by atoms with Crippen molar-refractivity contribution in [3.63, 3.8) is 0 Å². The van der Waals surface area contributed by atoms with Crippen LogP contribution >= 0.6 is 11.6 Å². The van der Waals surface area contributed by atoms with Crippen LogP contribution in [0.15, 0.2) is 72.9 Å². The number of rotatable bonds is 4. The maximum atomic E-state index is 12.3. The molecule has 23 heavy (non-hydrogen) atoms. The average molecular weight is 325 g/mol. The topological polar surface area (TPSA) is 51.2 Å². The van der Waals surface area contributed by atoms with Gasteiger partial charge in [-0.15, -0.1) is 0 Å². The fourth-order valence-electron chi connectivity index (χ4n) is 1.99. The molecule has 0 aliphatic heterocycles. The van der Waals surface area contributed by atoms with Crippen LogP contribution in [0.1, 0.15) is 10.5 Å². The van der Waals surface area contributed by atoms with Crippen molar-refractivity contribution < 1.29 is 9.53 Å². The Labute approximate surface area is 138 Å². The molecule has 1 heterocycles. The number of anilines is 1. The molecule has 0 spiro atoms. The number of nitrogens with one attached hydrogen (secondary N) is 1. The normalized spacial score (nSPS) is 10.1. The van der Waals surface area contributed by atoms with E-state index in [2.05, 4.69) is 10.3 Å². The second-order valence-corrected chi connectivity index (χ2v) is 5.16. The van der Waals surface area contributed by atoms with Gasteiger partial charge < -0.3 is 10.1 Å². The van der Waals surface area contributed by atoms with Crippen LogP contribution in [0.2, 0.25) is 5.02 Å². The number of hydrogen-bond donors (Lipinski definition) is 1. The highest BCUT2D eigenvalue weighted by atomic mass is 35.5. The summed E-state index contributed by atoms with van der Waals surface area (Å²) in [5, 5.41) is 3.28. The van der Waals surface area contributed by atoms with E-state index in [0.29, 0.717) is 27.9 Å². The van der Waals surface area contributed by atoms with Crippen molar-refractivity contribution in [2.45, 2.75) is 0 Å². The van der Waals surface area contributed by atoms with Gasteiger partial charge in [-0.05, 0) is 42.5 Å². The van der Waals surface area contributed by atoms with Crippen molar-refractivity contribution in [3.05, 3.63) is 83.6 Å². The lowest BCUT2D eigenvalue weighted by atomic mass is 10.2. The minimum absolute atomic E-state index is 0.318. The molecular formula is C18H13ClN2O2. The molecule has 0 atom stereocenters. The Kier molecular flexibility index (Phi) is 4.54. The fourth-order valence-corrected chi connectivity index (χ4v) is 2.16. The number of nitrogens with zero attached hydrogens (tertiary/aromatic N) is 1. The van der Waals surface area contributed by atoms with Gasteiger partial charge in [-0.1, -0.05) is 35.9 Å². The SMILES string of the molecule is O=C(Nc1cc(Cl)ccc1Oc1ccccc1)c1ccccn1. The number of aromatic nitrogens is 1. The lowest BCUT2D eigenvalue weighted by Gasteiger charge is -2.12. The molecule has 114 valence electrons. The highest BCUT2D eigenvalue weighted by Crippen LogP contribution is 2.32. The Hall–Kier alpha value is -2.85. The number of carbonyl (C=O) groups is 1. The van der Waals surface area contributed by atoms with E-state index in [9.17, 15) is 4.79 Å². The van der Waals surface area contributed by atoms with E-state index in [-0.39, 0.29) is 5.91 Å². The zero-order valence-corrected chi connectivity index (χ0v) is 12.8. The third-order valence-electron chi connectivity index (χ3n) is 3.06. The number of carbonyl (C=O) groups excluding carboxylic acids is 1. The molecule has 1 N–H and O–H groups in total. The van der Waals surface area contributed by atoms with E-state index >= 15 is 0 Å². The summed E-state index contributed by atoms with van der Waals surface area (Å²) in [4.78, 5) is 16.3. The van der Waals surface area contributed by atoms with Crippen LogP contribution in [0.3, 0.4) is 0 Å². The standard InChI is InChI=1S/C18H13ClN2O2/c19-13-9-10-17(23-14-6-2-1-3-7-14)16(12-13)21-18(22)15-8-4-5-11-20-15/h1-12H,(H,21,22). The molecule has 5 heteroatoms. The summed E-state index contributed by atoms with van der Waals surface area (Å²) in [6.45, 7) is 0. The van der Waals surface area contributed by atoms with Crippen molar-refractivity contribution in [3.8, 4) is 11.5 Å². The molecule has 0 aliphatic rings. The maximum Gasteiger partial charge on any atom is 0.274 e. The number of amides is 1. The van der Waals surface area contributed by atoms with E-state index in [4.69, 9.17) is 16.3 Å². The summed E-state index contributed by atoms with van der Waals surface area (Å²) in [6.07, 6.45) is 1.56. The first-order chi connectivity index (χ1) is 11.2. The van der Waals surface area contributed by atoms with Gasteiger partial charge in [-0.3, -0.25) is 9.78 Å². The molecule has 2 aromatic carbocycles. The molecule has 0 bridgehead atoms. The van der Waals surface area contributed by atoms with Gasteiger partial charge in [-0.2, -0.15) is 0 Å². The van der Waals surface area contributed by atoms with E-state index in [1.165, 1.54) is 0 Å². The third kappa shape index (κ3) is 3.87. The zero-order chi connectivity index (χ0) is 16.1. The Morgan fingerprint density at radius 1 is 1.00 bits per heavy atom. The zero-order valence-electron chi connectivity index (χ0n) is 12.1. The number of hydrogen-bond acceptors (Lipinski definition) is 3. The minimum Gasteiger partial charge on any atom is -0.455 e. The van der Waals surface area contributed by atoms with E-state index in [0.717, 1.165) is 0 Å². The second kappa shape index (κ2) is 6.94. The Morgan fingerprint density at radius 3 is 2.52 bits per heavy atom. The van der Waals surface area contributed by atoms with Crippen LogP contribution in [-0.2, 0) is 0 Å².